The molecule has 0 heterocycles. The fraction of sp³-hybridized carbons (Fsp3) is 0. The highest BCUT2D eigenvalue weighted by atomic mass is 35.5. The first-order chi connectivity index (χ1) is 8.00. The molecule has 88 valence electrons. The highest BCUT2D eigenvalue weighted by Gasteiger charge is 2.16. The second kappa shape index (κ2) is 4.51. The fourth-order valence-corrected chi connectivity index (χ4v) is 2.18. The Balaban J connectivity index is 2.77. The number of hydrogen-bond donors (Lipinski definition) is 1. The molecule has 0 amide bonds. The molecule has 2 aromatic carbocycles. The van der Waals surface area contributed by atoms with Gasteiger partial charge < -0.3 is 5.73 Å². The van der Waals surface area contributed by atoms with Gasteiger partial charge in [-0.15, -0.1) is 0 Å². The topological polar surface area (TPSA) is 26.0 Å². The Morgan fingerprint density at radius 2 is 1.53 bits per heavy atom. The lowest BCUT2D eigenvalue weighted by atomic mass is 10.0. The second-order valence-corrected chi connectivity index (χ2v) is 4.26. The summed E-state index contributed by atoms with van der Waals surface area (Å²) in [6.07, 6.45) is 0. The van der Waals surface area contributed by atoms with Gasteiger partial charge in [0, 0.05) is 22.9 Å². The van der Waals surface area contributed by atoms with Crippen LogP contribution in [0.3, 0.4) is 0 Å². The minimum atomic E-state index is -0.794. The Bertz CT molecular complexity index is 541. The van der Waals surface area contributed by atoms with E-state index in [1.54, 1.807) is 18.2 Å². The molecule has 0 saturated carbocycles. The van der Waals surface area contributed by atoms with E-state index in [1.165, 1.54) is 0 Å². The maximum atomic E-state index is 13.7. The molecule has 0 aromatic heterocycles. The van der Waals surface area contributed by atoms with E-state index in [9.17, 15) is 8.78 Å². The molecule has 2 aromatic rings. The highest BCUT2D eigenvalue weighted by Crippen LogP contribution is 2.39. The molecular formula is C12H7Cl2F2N. The standard InChI is InChI=1S/C12H7Cl2F2N/c13-7-2-1-3-8(14)11(7)12-9(16)4-6(15)5-10(12)17/h1-5H,17H2. The Morgan fingerprint density at radius 1 is 0.941 bits per heavy atom. The van der Waals surface area contributed by atoms with E-state index < -0.39 is 11.6 Å². The van der Waals surface area contributed by atoms with Crippen LogP contribution in [0.2, 0.25) is 10.0 Å². The van der Waals surface area contributed by atoms with E-state index >= 15 is 0 Å². The summed E-state index contributed by atoms with van der Waals surface area (Å²) in [6, 6.07) is 6.52. The first-order valence-corrected chi connectivity index (χ1v) is 5.45. The van der Waals surface area contributed by atoms with E-state index in [2.05, 4.69) is 0 Å². The number of benzene rings is 2. The average molecular weight is 274 g/mol. The summed E-state index contributed by atoms with van der Waals surface area (Å²) in [5.41, 5.74) is 5.84. The third-order valence-corrected chi connectivity index (χ3v) is 2.93. The minimum absolute atomic E-state index is 0.0157. The lowest BCUT2D eigenvalue weighted by molar-refractivity contribution is 0.586. The van der Waals surface area contributed by atoms with Crippen LogP contribution in [0.25, 0.3) is 11.1 Å². The van der Waals surface area contributed by atoms with E-state index in [4.69, 9.17) is 28.9 Å². The SMILES string of the molecule is Nc1cc(F)cc(F)c1-c1c(Cl)cccc1Cl. The molecule has 5 heteroatoms. The fourth-order valence-electron chi connectivity index (χ4n) is 1.59. The molecule has 17 heavy (non-hydrogen) atoms. The van der Waals surface area contributed by atoms with Crippen molar-refractivity contribution in [2.75, 3.05) is 5.73 Å². The Morgan fingerprint density at radius 3 is 2.06 bits per heavy atom. The van der Waals surface area contributed by atoms with Crippen LogP contribution in [0.15, 0.2) is 30.3 Å². The normalized spacial score (nSPS) is 10.6. The number of halogens is 4. The van der Waals surface area contributed by atoms with Crippen LogP contribution in [-0.2, 0) is 0 Å². The van der Waals surface area contributed by atoms with Crippen molar-refractivity contribution in [1.82, 2.24) is 0 Å². The molecule has 0 saturated heterocycles. The monoisotopic (exact) mass is 273 g/mol. The van der Waals surface area contributed by atoms with E-state index in [-0.39, 0.29) is 26.9 Å². The summed E-state index contributed by atoms with van der Waals surface area (Å²) in [6.45, 7) is 0. The summed E-state index contributed by atoms with van der Waals surface area (Å²) in [5.74, 6) is -1.54. The zero-order valence-electron chi connectivity index (χ0n) is 8.48. The van der Waals surface area contributed by atoms with Gasteiger partial charge in [-0.3, -0.25) is 0 Å². The van der Waals surface area contributed by atoms with Crippen molar-refractivity contribution < 1.29 is 8.78 Å². The van der Waals surface area contributed by atoms with Crippen LogP contribution in [-0.4, -0.2) is 0 Å². The van der Waals surface area contributed by atoms with Gasteiger partial charge in [0.2, 0.25) is 0 Å². The number of rotatable bonds is 1. The zero-order valence-corrected chi connectivity index (χ0v) is 9.99. The Kier molecular flexibility index (Phi) is 3.22. The maximum absolute atomic E-state index is 13.7. The largest absolute Gasteiger partial charge is 0.398 e. The van der Waals surface area contributed by atoms with Crippen molar-refractivity contribution in [3.05, 3.63) is 52.0 Å². The van der Waals surface area contributed by atoms with E-state index in [0.717, 1.165) is 12.1 Å². The molecule has 2 rings (SSSR count). The van der Waals surface area contributed by atoms with Crippen molar-refractivity contribution in [1.29, 1.82) is 0 Å². The van der Waals surface area contributed by atoms with Crippen LogP contribution in [0, 0.1) is 11.6 Å². The number of nitrogens with two attached hydrogens (primary N) is 1. The number of hydrogen-bond acceptors (Lipinski definition) is 1. The predicted octanol–water partition coefficient (Wildman–Crippen LogP) is 4.52. The zero-order chi connectivity index (χ0) is 12.6. The molecule has 0 bridgehead atoms. The van der Waals surface area contributed by atoms with Crippen molar-refractivity contribution in [2.24, 2.45) is 0 Å². The minimum Gasteiger partial charge on any atom is -0.398 e. The average Bonchev–Trinajstić information content (AvgIpc) is 2.21. The molecule has 0 spiro atoms. The quantitative estimate of drug-likeness (QED) is 0.760. The van der Waals surface area contributed by atoms with Crippen LogP contribution in [0.5, 0.6) is 0 Å². The molecule has 0 aliphatic heterocycles. The molecule has 0 aliphatic carbocycles. The third-order valence-electron chi connectivity index (χ3n) is 2.30. The molecular weight excluding hydrogens is 267 g/mol. The van der Waals surface area contributed by atoms with Crippen LogP contribution < -0.4 is 5.73 Å². The summed E-state index contributed by atoms with van der Waals surface area (Å²) in [7, 11) is 0. The lowest BCUT2D eigenvalue weighted by Crippen LogP contribution is -1.96. The molecule has 0 fully saturated rings. The van der Waals surface area contributed by atoms with Crippen LogP contribution >= 0.6 is 23.2 Å². The van der Waals surface area contributed by atoms with Gasteiger partial charge in [0.05, 0.1) is 10.0 Å². The predicted molar refractivity (Wildman–Crippen MR) is 66.2 cm³/mol. The Hall–Kier alpha value is -1.32. The van der Waals surface area contributed by atoms with Crippen molar-refractivity contribution in [2.45, 2.75) is 0 Å². The highest BCUT2D eigenvalue weighted by molar-refractivity contribution is 6.39. The third kappa shape index (κ3) is 2.21. The summed E-state index contributed by atoms with van der Waals surface area (Å²) < 4.78 is 26.7. The van der Waals surface area contributed by atoms with Gasteiger partial charge in [-0.25, -0.2) is 8.78 Å². The summed E-state index contributed by atoms with van der Waals surface area (Å²) in [4.78, 5) is 0. The van der Waals surface area contributed by atoms with Crippen molar-refractivity contribution in [3.63, 3.8) is 0 Å². The van der Waals surface area contributed by atoms with E-state index in [1.807, 2.05) is 0 Å². The maximum Gasteiger partial charge on any atom is 0.136 e. The number of anilines is 1. The summed E-state index contributed by atoms with van der Waals surface area (Å²) >= 11 is 11.9. The van der Waals surface area contributed by atoms with Gasteiger partial charge in [-0.2, -0.15) is 0 Å². The summed E-state index contributed by atoms with van der Waals surface area (Å²) in [5, 5.41) is 0.518. The van der Waals surface area contributed by atoms with Gasteiger partial charge >= 0.3 is 0 Å². The number of nitrogen functional groups attached to an aromatic ring is 1. The second-order valence-electron chi connectivity index (χ2n) is 3.45. The van der Waals surface area contributed by atoms with Gasteiger partial charge in [0.25, 0.3) is 0 Å². The molecule has 0 radical (unpaired) electrons. The molecule has 0 aliphatic rings. The molecule has 2 N–H and O–H groups in total. The van der Waals surface area contributed by atoms with Gasteiger partial charge in [-0.05, 0) is 18.2 Å². The van der Waals surface area contributed by atoms with Gasteiger partial charge in [0.15, 0.2) is 0 Å². The first kappa shape index (κ1) is 12.1. The lowest BCUT2D eigenvalue weighted by Gasteiger charge is -2.11. The Labute approximate surface area is 107 Å². The molecule has 0 unspecified atom stereocenters. The van der Waals surface area contributed by atoms with Gasteiger partial charge in [-0.1, -0.05) is 29.3 Å². The molecule has 0 atom stereocenters. The van der Waals surface area contributed by atoms with E-state index in [0.29, 0.717) is 0 Å². The van der Waals surface area contributed by atoms with Gasteiger partial charge in [0.1, 0.15) is 11.6 Å². The van der Waals surface area contributed by atoms with Crippen LogP contribution in [0.4, 0.5) is 14.5 Å². The first-order valence-electron chi connectivity index (χ1n) is 4.69. The van der Waals surface area contributed by atoms with Crippen molar-refractivity contribution >= 4 is 28.9 Å². The smallest absolute Gasteiger partial charge is 0.136 e. The van der Waals surface area contributed by atoms with Crippen molar-refractivity contribution in [3.8, 4) is 11.1 Å². The van der Waals surface area contributed by atoms with Crippen LogP contribution in [0.1, 0.15) is 0 Å². The molecule has 1 nitrogen and oxygen atoms in total.